The van der Waals surface area contributed by atoms with Crippen LogP contribution in [0.25, 0.3) is 0 Å². The van der Waals surface area contributed by atoms with Crippen molar-refractivity contribution in [3.05, 3.63) is 64.2 Å². The van der Waals surface area contributed by atoms with Crippen LogP contribution in [0.2, 0.25) is 5.02 Å². The molecule has 0 bridgehead atoms. The Morgan fingerprint density at radius 2 is 1.85 bits per heavy atom. The fraction of sp³-hybridized carbons (Fsp3) is 0.250. The summed E-state index contributed by atoms with van der Waals surface area (Å²) in [7, 11) is 0. The first-order valence-corrected chi connectivity index (χ1v) is 8.86. The van der Waals surface area contributed by atoms with Gasteiger partial charge in [-0.05, 0) is 50.1 Å². The molecule has 1 aliphatic rings. The van der Waals surface area contributed by atoms with Gasteiger partial charge in [0.2, 0.25) is 5.91 Å². The van der Waals surface area contributed by atoms with Crippen molar-refractivity contribution < 1.29 is 14.4 Å². The van der Waals surface area contributed by atoms with E-state index in [9.17, 15) is 14.4 Å². The normalized spacial score (nSPS) is 19.2. The Morgan fingerprint density at radius 1 is 1.15 bits per heavy atom. The van der Waals surface area contributed by atoms with Gasteiger partial charge in [-0.2, -0.15) is 0 Å². The SMILES string of the molecule is Cc1ccc(NC(=O)CN2C(=O)N[C@@](C)(c3ccccc3Cl)C2=O)cc1C. The first-order valence-electron chi connectivity index (χ1n) is 8.48. The Labute approximate surface area is 162 Å². The number of benzene rings is 2. The van der Waals surface area contributed by atoms with Crippen LogP contribution < -0.4 is 10.6 Å². The van der Waals surface area contributed by atoms with Crippen molar-refractivity contribution in [2.24, 2.45) is 0 Å². The molecule has 1 fully saturated rings. The summed E-state index contributed by atoms with van der Waals surface area (Å²) < 4.78 is 0. The standard InChI is InChI=1S/C20H20ClN3O3/c1-12-8-9-14(10-13(12)2)22-17(25)11-24-18(26)20(3,23-19(24)27)15-6-4-5-7-16(15)21/h4-10H,11H2,1-3H3,(H,22,25)(H,23,27)/t20-/m0/s1. The van der Waals surface area contributed by atoms with Gasteiger partial charge in [-0.15, -0.1) is 0 Å². The molecular weight excluding hydrogens is 366 g/mol. The predicted molar refractivity (Wildman–Crippen MR) is 104 cm³/mol. The van der Waals surface area contributed by atoms with E-state index >= 15 is 0 Å². The lowest BCUT2D eigenvalue weighted by Crippen LogP contribution is -2.42. The van der Waals surface area contributed by atoms with Crippen LogP contribution in [0.3, 0.4) is 0 Å². The third-order valence-corrected chi connectivity index (χ3v) is 5.11. The summed E-state index contributed by atoms with van der Waals surface area (Å²) in [5, 5.41) is 5.73. The predicted octanol–water partition coefficient (Wildman–Crippen LogP) is 3.36. The van der Waals surface area contributed by atoms with Gasteiger partial charge in [-0.25, -0.2) is 4.79 Å². The lowest BCUT2D eigenvalue weighted by atomic mass is 9.92. The molecule has 2 aromatic rings. The average molecular weight is 386 g/mol. The summed E-state index contributed by atoms with van der Waals surface area (Å²) in [5.74, 6) is -0.971. The number of carbonyl (C=O) groups is 3. The zero-order valence-corrected chi connectivity index (χ0v) is 16.1. The van der Waals surface area contributed by atoms with Gasteiger partial charge >= 0.3 is 6.03 Å². The first kappa shape index (κ1) is 18.9. The molecule has 1 heterocycles. The maximum absolute atomic E-state index is 12.9. The number of aryl methyl sites for hydroxylation is 2. The van der Waals surface area contributed by atoms with Crippen molar-refractivity contribution in [3.63, 3.8) is 0 Å². The van der Waals surface area contributed by atoms with Crippen LogP contribution in [0, 0.1) is 13.8 Å². The van der Waals surface area contributed by atoms with E-state index < -0.39 is 23.4 Å². The van der Waals surface area contributed by atoms with E-state index in [4.69, 9.17) is 11.6 Å². The second-order valence-corrected chi connectivity index (χ2v) is 7.18. The molecule has 7 heteroatoms. The third kappa shape index (κ3) is 3.53. The summed E-state index contributed by atoms with van der Waals surface area (Å²) in [6.07, 6.45) is 0. The minimum atomic E-state index is -1.31. The number of nitrogens with one attached hydrogen (secondary N) is 2. The second-order valence-electron chi connectivity index (χ2n) is 6.77. The maximum Gasteiger partial charge on any atom is 0.325 e. The van der Waals surface area contributed by atoms with Gasteiger partial charge in [0, 0.05) is 16.3 Å². The Bertz CT molecular complexity index is 944. The molecule has 1 atom stereocenters. The molecule has 1 saturated heterocycles. The molecule has 0 saturated carbocycles. The van der Waals surface area contributed by atoms with Gasteiger partial charge < -0.3 is 10.6 Å². The number of anilines is 1. The summed E-state index contributed by atoms with van der Waals surface area (Å²) in [6.45, 7) is 5.12. The quantitative estimate of drug-likeness (QED) is 0.792. The summed E-state index contributed by atoms with van der Waals surface area (Å²) in [6, 6.07) is 11.7. The van der Waals surface area contributed by atoms with Crippen LogP contribution in [0.4, 0.5) is 10.5 Å². The van der Waals surface area contributed by atoms with E-state index in [1.807, 2.05) is 26.0 Å². The molecule has 2 aromatic carbocycles. The zero-order valence-electron chi connectivity index (χ0n) is 15.3. The van der Waals surface area contributed by atoms with Crippen molar-refractivity contribution in [2.75, 3.05) is 11.9 Å². The number of halogens is 1. The molecule has 0 aliphatic carbocycles. The minimum absolute atomic E-state index is 0.370. The van der Waals surface area contributed by atoms with E-state index in [1.165, 1.54) is 0 Å². The van der Waals surface area contributed by atoms with Crippen molar-refractivity contribution in [3.8, 4) is 0 Å². The van der Waals surface area contributed by atoms with Crippen LogP contribution in [0.15, 0.2) is 42.5 Å². The van der Waals surface area contributed by atoms with E-state index in [1.54, 1.807) is 37.3 Å². The molecule has 1 aliphatic heterocycles. The summed E-state index contributed by atoms with van der Waals surface area (Å²) in [4.78, 5) is 38.5. The highest BCUT2D eigenvalue weighted by atomic mass is 35.5. The zero-order chi connectivity index (χ0) is 19.8. The van der Waals surface area contributed by atoms with Gasteiger partial charge in [0.15, 0.2) is 0 Å². The number of nitrogens with zero attached hydrogens (tertiary/aromatic N) is 1. The number of hydrogen-bond acceptors (Lipinski definition) is 3. The maximum atomic E-state index is 12.9. The molecule has 4 amide bonds. The van der Waals surface area contributed by atoms with Crippen LogP contribution in [0.5, 0.6) is 0 Å². The molecule has 3 rings (SSSR count). The van der Waals surface area contributed by atoms with Crippen molar-refractivity contribution in [1.82, 2.24) is 10.2 Å². The number of imide groups is 1. The van der Waals surface area contributed by atoms with Crippen molar-refractivity contribution in [2.45, 2.75) is 26.3 Å². The molecule has 0 unspecified atom stereocenters. The number of rotatable bonds is 4. The largest absolute Gasteiger partial charge is 0.325 e. The number of urea groups is 1. The lowest BCUT2D eigenvalue weighted by molar-refractivity contribution is -0.133. The number of amides is 4. The minimum Gasteiger partial charge on any atom is -0.325 e. The number of carbonyl (C=O) groups excluding carboxylic acids is 3. The van der Waals surface area contributed by atoms with Crippen LogP contribution in [0.1, 0.15) is 23.6 Å². The lowest BCUT2D eigenvalue weighted by Gasteiger charge is -2.23. The molecule has 0 radical (unpaired) electrons. The Morgan fingerprint density at radius 3 is 2.52 bits per heavy atom. The van der Waals surface area contributed by atoms with Crippen LogP contribution in [-0.4, -0.2) is 29.3 Å². The smallest absolute Gasteiger partial charge is 0.325 e. The Hall–Kier alpha value is -2.86. The summed E-state index contributed by atoms with van der Waals surface area (Å²) >= 11 is 6.19. The number of hydrogen-bond donors (Lipinski definition) is 2. The van der Waals surface area contributed by atoms with Gasteiger partial charge in [0.05, 0.1) is 0 Å². The average Bonchev–Trinajstić information content (AvgIpc) is 2.82. The molecule has 140 valence electrons. The highest BCUT2D eigenvalue weighted by Gasteiger charge is 2.50. The monoisotopic (exact) mass is 385 g/mol. The molecule has 0 spiro atoms. The Balaban J connectivity index is 1.76. The molecule has 0 aromatic heterocycles. The van der Waals surface area contributed by atoms with Crippen molar-refractivity contribution in [1.29, 1.82) is 0 Å². The first-order chi connectivity index (χ1) is 12.7. The molecular formula is C20H20ClN3O3. The topological polar surface area (TPSA) is 78.5 Å². The summed E-state index contributed by atoms with van der Waals surface area (Å²) in [5.41, 5.74) is 1.94. The van der Waals surface area contributed by atoms with E-state index in [0.717, 1.165) is 16.0 Å². The fourth-order valence-corrected chi connectivity index (χ4v) is 3.38. The molecule has 27 heavy (non-hydrogen) atoms. The fourth-order valence-electron chi connectivity index (χ4n) is 3.05. The van der Waals surface area contributed by atoms with Crippen molar-refractivity contribution >= 4 is 35.1 Å². The van der Waals surface area contributed by atoms with E-state index in [0.29, 0.717) is 16.3 Å². The van der Waals surface area contributed by atoms with Gasteiger partial charge in [-0.1, -0.05) is 35.9 Å². The van der Waals surface area contributed by atoms with Gasteiger partial charge in [0.1, 0.15) is 12.1 Å². The second kappa shape index (κ2) is 7.04. The van der Waals surface area contributed by atoms with Gasteiger partial charge in [0.25, 0.3) is 5.91 Å². The van der Waals surface area contributed by atoms with E-state index in [2.05, 4.69) is 10.6 Å². The van der Waals surface area contributed by atoms with Gasteiger partial charge in [-0.3, -0.25) is 14.5 Å². The third-order valence-electron chi connectivity index (χ3n) is 4.78. The van der Waals surface area contributed by atoms with Crippen LogP contribution >= 0.6 is 11.6 Å². The molecule has 2 N–H and O–H groups in total. The highest BCUT2D eigenvalue weighted by Crippen LogP contribution is 2.33. The van der Waals surface area contributed by atoms with E-state index in [-0.39, 0.29) is 6.54 Å². The van der Waals surface area contributed by atoms with Crippen LogP contribution in [-0.2, 0) is 15.1 Å². The highest BCUT2D eigenvalue weighted by molar-refractivity contribution is 6.32. The molecule has 6 nitrogen and oxygen atoms in total. The Kier molecular flexibility index (Phi) is 4.93.